The van der Waals surface area contributed by atoms with Crippen molar-refractivity contribution in [3.63, 3.8) is 0 Å². The number of phosphoric ester groups is 1. The van der Waals surface area contributed by atoms with Gasteiger partial charge in [0, 0.05) is 13.2 Å². The van der Waals surface area contributed by atoms with E-state index in [4.69, 9.17) is 13.8 Å². The monoisotopic (exact) mass is 424 g/mol. The average Bonchev–Trinajstić information content (AvgIpc) is 2.60. The van der Waals surface area contributed by atoms with Crippen molar-refractivity contribution in [3.8, 4) is 0 Å². The van der Waals surface area contributed by atoms with E-state index in [1.807, 2.05) is 21.1 Å². The zero-order chi connectivity index (χ0) is 21.1. The largest absolute Gasteiger partial charge is 0.472 e. The maximum atomic E-state index is 11.7. The first-order valence-corrected chi connectivity index (χ1v) is 12.8. The van der Waals surface area contributed by atoms with E-state index in [0.717, 1.165) is 38.9 Å². The van der Waals surface area contributed by atoms with Gasteiger partial charge >= 0.3 is 7.82 Å². The van der Waals surface area contributed by atoms with Gasteiger partial charge in [-0.05, 0) is 19.3 Å². The standard InChI is InChI=1S/C21H46NO5P/c1-5-6-7-8-11-14-18-25-19-15-12-9-10-13-16-20-26-28(23,24)27-21-17-22(2,3)4/h5-21H2,1-4H3/p+1. The number of unbranched alkanes of at least 4 members (excludes halogenated alkanes) is 10. The Kier molecular flexibility index (Phi) is 17.9. The fourth-order valence-corrected chi connectivity index (χ4v) is 3.49. The first-order chi connectivity index (χ1) is 13.3. The van der Waals surface area contributed by atoms with E-state index in [2.05, 4.69) is 6.92 Å². The molecule has 0 aliphatic carbocycles. The number of nitrogens with zero attached hydrogens (tertiary/aromatic N) is 1. The molecule has 0 aliphatic rings. The normalized spacial score (nSPS) is 14.3. The van der Waals surface area contributed by atoms with Crippen LogP contribution in [0.1, 0.15) is 84.0 Å². The molecule has 0 radical (unpaired) electrons. The summed E-state index contributed by atoms with van der Waals surface area (Å²) < 4.78 is 28.1. The predicted molar refractivity (Wildman–Crippen MR) is 117 cm³/mol. The summed E-state index contributed by atoms with van der Waals surface area (Å²) in [5.41, 5.74) is 0. The molecule has 0 aromatic heterocycles. The minimum atomic E-state index is -3.89. The molecule has 1 N–H and O–H groups in total. The second-order valence-electron chi connectivity index (χ2n) is 8.65. The van der Waals surface area contributed by atoms with Gasteiger partial charge in [0.05, 0.1) is 27.7 Å². The topological polar surface area (TPSA) is 65.0 Å². The molecule has 0 spiro atoms. The lowest BCUT2D eigenvalue weighted by molar-refractivity contribution is -0.870. The van der Waals surface area contributed by atoms with E-state index < -0.39 is 7.82 Å². The summed E-state index contributed by atoms with van der Waals surface area (Å²) in [6, 6.07) is 0. The smallest absolute Gasteiger partial charge is 0.381 e. The summed E-state index contributed by atoms with van der Waals surface area (Å²) in [6.45, 7) is 5.18. The first-order valence-electron chi connectivity index (χ1n) is 11.3. The number of phosphoric acid groups is 1. The van der Waals surface area contributed by atoms with Crippen molar-refractivity contribution in [1.29, 1.82) is 0 Å². The lowest BCUT2D eigenvalue weighted by atomic mass is 10.1. The SMILES string of the molecule is CCCCCCCCOCCCCCCCCOP(=O)(O)OCC[N+](C)(C)C. The Hall–Kier alpha value is 0.0300. The number of quaternary nitrogens is 1. The van der Waals surface area contributed by atoms with Gasteiger partial charge in [-0.1, -0.05) is 64.7 Å². The van der Waals surface area contributed by atoms with Gasteiger partial charge in [0.2, 0.25) is 0 Å². The van der Waals surface area contributed by atoms with Crippen molar-refractivity contribution in [1.82, 2.24) is 0 Å². The third-order valence-electron chi connectivity index (χ3n) is 4.60. The fraction of sp³-hybridized carbons (Fsp3) is 1.00. The molecule has 0 aromatic carbocycles. The minimum Gasteiger partial charge on any atom is -0.381 e. The predicted octanol–water partition coefficient (Wildman–Crippen LogP) is 5.54. The second-order valence-corrected chi connectivity index (χ2v) is 10.1. The third kappa shape index (κ3) is 22.3. The number of rotatable bonds is 21. The highest BCUT2D eigenvalue weighted by molar-refractivity contribution is 7.47. The van der Waals surface area contributed by atoms with Crippen LogP contribution in [0.15, 0.2) is 0 Å². The van der Waals surface area contributed by atoms with E-state index >= 15 is 0 Å². The Bertz CT molecular complexity index is 387. The van der Waals surface area contributed by atoms with E-state index in [-0.39, 0.29) is 13.2 Å². The number of hydrogen-bond acceptors (Lipinski definition) is 4. The van der Waals surface area contributed by atoms with E-state index in [1.54, 1.807) is 0 Å². The van der Waals surface area contributed by atoms with Gasteiger partial charge in [0.1, 0.15) is 13.2 Å². The quantitative estimate of drug-likeness (QED) is 0.149. The van der Waals surface area contributed by atoms with Crippen LogP contribution in [0.4, 0.5) is 0 Å². The molecule has 0 rings (SSSR count). The van der Waals surface area contributed by atoms with Crippen LogP contribution < -0.4 is 0 Å². The van der Waals surface area contributed by atoms with Gasteiger partial charge in [-0.15, -0.1) is 0 Å². The molecular weight excluding hydrogens is 377 g/mol. The minimum absolute atomic E-state index is 0.220. The molecule has 0 aromatic rings. The number of ether oxygens (including phenoxy) is 1. The van der Waals surface area contributed by atoms with Gasteiger partial charge in [-0.2, -0.15) is 0 Å². The van der Waals surface area contributed by atoms with Crippen LogP contribution in [0.2, 0.25) is 0 Å². The summed E-state index contributed by atoms with van der Waals surface area (Å²) in [7, 11) is 2.13. The number of likely N-dealkylation sites (N-methyl/N-ethyl adjacent to an activating group) is 1. The Morgan fingerprint density at radius 3 is 1.61 bits per heavy atom. The highest BCUT2D eigenvalue weighted by Gasteiger charge is 2.21. The second kappa shape index (κ2) is 17.9. The van der Waals surface area contributed by atoms with E-state index in [9.17, 15) is 9.46 Å². The van der Waals surface area contributed by atoms with Crippen LogP contribution in [-0.4, -0.2) is 63.5 Å². The van der Waals surface area contributed by atoms with Crippen molar-refractivity contribution in [2.75, 3.05) is 54.1 Å². The lowest BCUT2D eigenvalue weighted by Crippen LogP contribution is -2.37. The lowest BCUT2D eigenvalue weighted by Gasteiger charge is -2.24. The van der Waals surface area contributed by atoms with Crippen LogP contribution in [0, 0.1) is 0 Å². The average molecular weight is 425 g/mol. The summed E-state index contributed by atoms with van der Waals surface area (Å²) >= 11 is 0. The molecule has 170 valence electrons. The van der Waals surface area contributed by atoms with Gasteiger partial charge < -0.3 is 14.1 Å². The van der Waals surface area contributed by atoms with E-state index in [1.165, 1.54) is 51.4 Å². The molecule has 1 unspecified atom stereocenters. The van der Waals surface area contributed by atoms with Gasteiger partial charge in [0.15, 0.2) is 0 Å². The third-order valence-corrected chi connectivity index (χ3v) is 5.61. The van der Waals surface area contributed by atoms with Crippen molar-refractivity contribution in [2.45, 2.75) is 84.0 Å². The summed E-state index contributed by atoms with van der Waals surface area (Å²) in [4.78, 5) is 9.62. The molecule has 0 fully saturated rings. The maximum Gasteiger partial charge on any atom is 0.472 e. The molecule has 6 nitrogen and oxygen atoms in total. The molecule has 1 atom stereocenters. The van der Waals surface area contributed by atoms with Crippen LogP contribution in [0.3, 0.4) is 0 Å². The van der Waals surface area contributed by atoms with Gasteiger partial charge in [-0.25, -0.2) is 4.57 Å². The van der Waals surface area contributed by atoms with E-state index in [0.29, 0.717) is 11.0 Å². The molecule has 0 heterocycles. The molecule has 0 saturated heterocycles. The molecule has 0 aliphatic heterocycles. The zero-order valence-electron chi connectivity index (χ0n) is 19.0. The van der Waals surface area contributed by atoms with Crippen molar-refractivity contribution >= 4 is 7.82 Å². The van der Waals surface area contributed by atoms with Crippen LogP contribution in [0.25, 0.3) is 0 Å². The molecule has 7 heteroatoms. The summed E-state index contributed by atoms with van der Waals surface area (Å²) in [5, 5.41) is 0. The van der Waals surface area contributed by atoms with Crippen molar-refractivity contribution < 1.29 is 27.7 Å². The molecule has 0 saturated carbocycles. The molecule has 0 amide bonds. The Labute approximate surface area is 174 Å². The highest BCUT2D eigenvalue weighted by Crippen LogP contribution is 2.43. The van der Waals surface area contributed by atoms with Crippen molar-refractivity contribution in [3.05, 3.63) is 0 Å². The Balaban J connectivity index is 3.29. The molecule has 28 heavy (non-hydrogen) atoms. The fourth-order valence-electron chi connectivity index (χ4n) is 2.75. The summed E-state index contributed by atoms with van der Waals surface area (Å²) in [5.74, 6) is 0. The summed E-state index contributed by atoms with van der Waals surface area (Å²) in [6.07, 6.45) is 14.3. The Morgan fingerprint density at radius 2 is 1.11 bits per heavy atom. The van der Waals surface area contributed by atoms with Crippen molar-refractivity contribution in [2.24, 2.45) is 0 Å². The number of hydrogen-bond donors (Lipinski definition) is 1. The first kappa shape index (κ1) is 28.0. The van der Waals surface area contributed by atoms with Crippen LogP contribution in [0.5, 0.6) is 0 Å². The van der Waals surface area contributed by atoms with Gasteiger partial charge in [0.25, 0.3) is 0 Å². The van der Waals surface area contributed by atoms with Gasteiger partial charge in [-0.3, -0.25) is 9.05 Å². The Morgan fingerprint density at radius 1 is 0.679 bits per heavy atom. The van der Waals surface area contributed by atoms with Crippen LogP contribution in [-0.2, 0) is 18.3 Å². The van der Waals surface area contributed by atoms with Crippen LogP contribution >= 0.6 is 7.82 Å². The molecular formula is C21H47NO5P+. The zero-order valence-corrected chi connectivity index (χ0v) is 19.9. The molecule has 0 bridgehead atoms. The highest BCUT2D eigenvalue weighted by atomic mass is 31.2. The maximum absolute atomic E-state index is 11.7.